The number of carboxylic acids is 1. The van der Waals surface area contributed by atoms with Crippen molar-refractivity contribution in [1.82, 2.24) is 5.32 Å². The molecule has 0 aromatic heterocycles. The summed E-state index contributed by atoms with van der Waals surface area (Å²) in [6, 6.07) is 7.56. The summed E-state index contributed by atoms with van der Waals surface area (Å²) in [7, 11) is 0. The molecule has 1 amide bonds. The van der Waals surface area contributed by atoms with Crippen molar-refractivity contribution in [3.05, 3.63) is 35.9 Å². The van der Waals surface area contributed by atoms with Crippen LogP contribution in [0.15, 0.2) is 30.3 Å². The van der Waals surface area contributed by atoms with Gasteiger partial charge in [0.1, 0.15) is 6.04 Å². The van der Waals surface area contributed by atoms with Crippen LogP contribution in [0.5, 0.6) is 0 Å². The Kier molecular flexibility index (Phi) is 7.11. The van der Waals surface area contributed by atoms with Gasteiger partial charge in [-0.25, -0.2) is 4.79 Å². The van der Waals surface area contributed by atoms with Gasteiger partial charge in [-0.15, -0.1) is 0 Å². The van der Waals surface area contributed by atoms with Crippen LogP contribution in [0.4, 0.5) is 0 Å². The molecule has 6 heteroatoms. The fraction of sp³-hybridized carbons (Fsp3) is 0.429. The Labute approximate surface area is 122 Å². The van der Waals surface area contributed by atoms with E-state index >= 15 is 0 Å². The van der Waals surface area contributed by atoms with Crippen LogP contribution in [-0.4, -0.2) is 41.1 Å². The molecule has 0 radical (unpaired) electrons. The second-order valence-corrected chi connectivity index (χ2v) is 5.46. The topological polar surface area (TPSA) is 92.4 Å². The molecule has 0 heterocycles. The predicted molar refractivity (Wildman–Crippen MR) is 80.7 cm³/mol. The summed E-state index contributed by atoms with van der Waals surface area (Å²) in [5.41, 5.74) is 6.59. The van der Waals surface area contributed by atoms with Gasteiger partial charge in [-0.3, -0.25) is 4.79 Å². The lowest BCUT2D eigenvalue weighted by Crippen LogP contribution is -2.49. The quantitative estimate of drug-likeness (QED) is 0.662. The number of carbonyl (C=O) groups is 2. The summed E-state index contributed by atoms with van der Waals surface area (Å²) in [5.74, 6) is -0.702. The molecular formula is C14H20N2O3S. The van der Waals surface area contributed by atoms with Crippen molar-refractivity contribution in [3.8, 4) is 0 Å². The molecule has 0 spiro atoms. The summed E-state index contributed by atoms with van der Waals surface area (Å²) < 4.78 is 0. The number of benzene rings is 1. The van der Waals surface area contributed by atoms with Crippen LogP contribution in [0.3, 0.4) is 0 Å². The maximum atomic E-state index is 11.8. The fourth-order valence-corrected chi connectivity index (χ4v) is 2.19. The van der Waals surface area contributed by atoms with E-state index in [1.165, 1.54) is 0 Å². The summed E-state index contributed by atoms with van der Waals surface area (Å²) in [4.78, 5) is 23.1. The van der Waals surface area contributed by atoms with Crippen LogP contribution in [0, 0.1) is 0 Å². The number of hydrogen-bond donors (Lipinski definition) is 3. The highest BCUT2D eigenvalue weighted by atomic mass is 32.2. The lowest BCUT2D eigenvalue weighted by atomic mass is 10.1. The molecule has 0 aliphatic carbocycles. The van der Waals surface area contributed by atoms with E-state index in [0.717, 1.165) is 11.3 Å². The number of carboxylic acid groups (broad SMARTS) is 1. The Bertz CT molecular complexity index is 439. The van der Waals surface area contributed by atoms with Crippen LogP contribution in [0.25, 0.3) is 0 Å². The number of carbonyl (C=O) groups excluding carboxylic acids is 1. The van der Waals surface area contributed by atoms with Crippen molar-refractivity contribution in [2.75, 3.05) is 12.0 Å². The van der Waals surface area contributed by atoms with Gasteiger partial charge in [0.15, 0.2) is 0 Å². The standard InChI is InChI=1S/C14H20N2O3S/c1-20-8-7-11(15)13(17)16-12(14(18)19)9-10-5-3-2-4-6-10/h2-6,11-12H,7-9,15H2,1H3,(H,16,17)(H,18,19)/t11-,12?/m1/s1. The van der Waals surface area contributed by atoms with E-state index in [0.29, 0.717) is 6.42 Å². The van der Waals surface area contributed by atoms with E-state index in [4.69, 9.17) is 5.73 Å². The first-order valence-corrected chi connectivity index (χ1v) is 7.75. The zero-order valence-corrected chi connectivity index (χ0v) is 12.2. The van der Waals surface area contributed by atoms with Crippen molar-refractivity contribution in [3.63, 3.8) is 0 Å². The maximum Gasteiger partial charge on any atom is 0.326 e. The molecule has 0 fully saturated rings. The van der Waals surface area contributed by atoms with Gasteiger partial charge in [-0.05, 0) is 24.0 Å². The number of hydrogen-bond acceptors (Lipinski definition) is 4. The van der Waals surface area contributed by atoms with Crippen LogP contribution < -0.4 is 11.1 Å². The van der Waals surface area contributed by atoms with Crippen molar-refractivity contribution in [1.29, 1.82) is 0 Å². The minimum Gasteiger partial charge on any atom is -0.480 e. The highest BCUT2D eigenvalue weighted by Gasteiger charge is 2.23. The first-order valence-electron chi connectivity index (χ1n) is 6.36. The highest BCUT2D eigenvalue weighted by molar-refractivity contribution is 7.98. The largest absolute Gasteiger partial charge is 0.480 e. The molecule has 1 aromatic rings. The lowest BCUT2D eigenvalue weighted by Gasteiger charge is -2.17. The second kappa shape index (κ2) is 8.60. The average molecular weight is 296 g/mol. The second-order valence-electron chi connectivity index (χ2n) is 4.48. The van der Waals surface area contributed by atoms with E-state index in [2.05, 4.69) is 5.32 Å². The predicted octanol–water partition coefficient (Wildman–Crippen LogP) is 0.879. The molecule has 0 aliphatic heterocycles. The Morgan fingerprint density at radius 2 is 2.00 bits per heavy atom. The van der Waals surface area contributed by atoms with Gasteiger partial charge < -0.3 is 16.2 Å². The van der Waals surface area contributed by atoms with Crippen molar-refractivity contribution in [2.45, 2.75) is 24.9 Å². The van der Waals surface area contributed by atoms with E-state index in [9.17, 15) is 14.7 Å². The third-order valence-electron chi connectivity index (χ3n) is 2.87. The lowest BCUT2D eigenvalue weighted by molar-refractivity contribution is -0.142. The van der Waals surface area contributed by atoms with E-state index < -0.39 is 24.0 Å². The van der Waals surface area contributed by atoms with Gasteiger partial charge in [0.2, 0.25) is 5.91 Å². The number of amides is 1. The average Bonchev–Trinajstić information content (AvgIpc) is 2.44. The summed E-state index contributed by atoms with van der Waals surface area (Å²) in [6.45, 7) is 0. The van der Waals surface area contributed by atoms with Gasteiger partial charge in [0.25, 0.3) is 0 Å². The molecule has 1 aromatic carbocycles. The maximum absolute atomic E-state index is 11.8. The molecule has 20 heavy (non-hydrogen) atoms. The van der Waals surface area contributed by atoms with Crippen LogP contribution in [0.2, 0.25) is 0 Å². The zero-order chi connectivity index (χ0) is 15.0. The molecule has 2 atom stereocenters. The number of rotatable bonds is 8. The minimum atomic E-state index is -1.06. The van der Waals surface area contributed by atoms with Gasteiger partial charge in [0.05, 0.1) is 6.04 Å². The van der Waals surface area contributed by atoms with Gasteiger partial charge in [0, 0.05) is 6.42 Å². The van der Waals surface area contributed by atoms with Crippen LogP contribution in [-0.2, 0) is 16.0 Å². The SMILES string of the molecule is CSCC[C@@H](N)C(=O)NC(Cc1ccccc1)C(=O)O. The van der Waals surface area contributed by atoms with E-state index in [1.807, 2.05) is 36.6 Å². The molecule has 0 bridgehead atoms. The summed E-state index contributed by atoms with van der Waals surface area (Å²) in [6.07, 6.45) is 2.71. The molecule has 0 saturated heterocycles. The van der Waals surface area contributed by atoms with E-state index in [1.54, 1.807) is 11.8 Å². The Balaban J connectivity index is 2.59. The number of nitrogens with two attached hydrogens (primary N) is 1. The third-order valence-corrected chi connectivity index (χ3v) is 3.51. The molecule has 0 aliphatic rings. The molecule has 0 saturated carbocycles. The van der Waals surface area contributed by atoms with Gasteiger partial charge >= 0.3 is 5.97 Å². The molecular weight excluding hydrogens is 276 g/mol. The fourth-order valence-electron chi connectivity index (χ4n) is 1.70. The molecule has 1 unspecified atom stereocenters. The monoisotopic (exact) mass is 296 g/mol. The third kappa shape index (κ3) is 5.63. The molecule has 5 nitrogen and oxygen atoms in total. The van der Waals surface area contributed by atoms with Crippen molar-refractivity contribution in [2.24, 2.45) is 5.73 Å². The molecule has 1 rings (SSSR count). The van der Waals surface area contributed by atoms with Gasteiger partial charge in [-0.2, -0.15) is 11.8 Å². The van der Waals surface area contributed by atoms with Gasteiger partial charge in [-0.1, -0.05) is 30.3 Å². The van der Waals surface area contributed by atoms with E-state index in [-0.39, 0.29) is 6.42 Å². The molecule has 4 N–H and O–H groups in total. The number of nitrogens with one attached hydrogen (secondary N) is 1. The van der Waals surface area contributed by atoms with Crippen LogP contribution in [0.1, 0.15) is 12.0 Å². The zero-order valence-electron chi connectivity index (χ0n) is 11.4. The summed E-state index contributed by atoms with van der Waals surface area (Å²) in [5, 5.41) is 11.7. The Morgan fingerprint density at radius 1 is 1.35 bits per heavy atom. The Morgan fingerprint density at radius 3 is 2.55 bits per heavy atom. The molecule has 110 valence electrons. The first kappa shape index (κ1) is 16.5. The normalized spacial score (nSPS) is 13.5. The Hall–Kier alpha value is -1.53. The summed E-state index contributed by atoms with van der Waals surface area (Å²) >= 11 is 1.60. The smallest absolute Gasteiger partial charge is 0.326 e. The van der Waals surface area contributed by atoms with Crippen LogP contribution >= 0.6 is 11.8 Å². The number of thioether (sulfide) groups is 1. The minimum absolute atomic E-state index is 0.247. The first-order chi connectivity index (χ1) is 9.54. The highest BCUT2D eigenvalue weighted by Crippen LogP contribution is 2.05. The number of aliphatic carboxylic acids is 1. The van der Waals surface area contributed by atoms with Crippen molar-refractivity contribution >= 4 is 23.6 Å². The van der Waals surface area contributed by atoms with Crippen molar-refractivity contribution < 1.29 is 14.7 Å².